The zero-order valence-corrected chi connectivity index (χ0v) is 15.1. The highest BCUT2D eigenvalue weighted by Crippen LogP contribution is 2.25. The van der Waals surface area contributed by atoms with E-state index in [0.717, 1.165) is 37.2 Å². The van der Waals surface area contributed by atoms with Gasteiger partial charge in [0.2, 0.25) is 15.9 Å². The summed E-state index contributed by atoms with van der Waals surface area (Å²) in [5.41, 5.74) is 0.900. The second-order valence-corrected chi connectivity index (χ2v) is 8.07. The van der Waals surface area contributed by atoms with Gasteiger partial charge in [-0.25, -0.2) is 23.1 Å². The van der Waals surface area contributed by atoms with Gasteiger partial charge in [0, 0.05) is 24.8 Å². The van der Waals surface area contributed by atoms with Crippen molar-refractivity contribution in [1.29, 1.82) is 0 Å². The first kappa shape index (κ1) is 18.6. The number of sulfonamides is 1. The van der Waals surface area contributed by atoms with Gasteiger partial charge in [0.15, 0.2) is 0 Å². The molecule has 2 heterocycles. The van der Waals surface area contributed by atoms with Gasteiger partial charge in [0.25, 0.3) is 0 Å². The topological polar surface area (TPSA) is 104 Å². The maximum atomic E-state index is 12.0. The van der Waals surface area contributed by atoms with Gasteiger partial charge in [-0.2, -0.15) is 0 Å². The molecule has 0 radical (unpaired) electrons. The molecule has 1 saturated heterocycles. The lowest BCUT2D eigenvalue weighted by atomic mass is 9.98. The Balaban J connectivity index is 2.01. The summed E-state index contributed by atoms with van der Waals surface area (Å²) in [5.74, 6) is 0.856. The Hall–Kier alpha value is -1.74. The van der Waals surface area contributed by atoms with Crippen LogP contribution in [0.25, 0.3) is 0 Å². The van der Waals surface area contributed by atoms with Gasteiger partial charge in [0.1, 0.15) is 12.1 Å². The van der Waals surface area contributed by atoms with E-state index in [1.54, 1.807) is 6.33 Å². The Morgan fingerprint density at radius 1 is 1.38 bits per heavy atom. The number of aromatic nitrogens is 2. The zero-order chi connectivity index (χ0) is 17.7. The SMILES string of the molecule is CCC[C@H]1CN(c2cc(C)ncn2)C[C@@H]1NC(=O)CNS(C)(=O)=O. The van der Waals surface area contributed by atoms with E-state index in [9.17, 15) is 13.2 Å². The number of hydrogen-bond acceptors (Lipinski definition) is 6. The molecule has 9 heteroatoms. The van der Waals surface area contributed by atoms with Gasteiger partial charge in [-0.3, -0.25) is 4.79 Å². The number of aryl methyl sites for hydroxylation is 1. The molecule has 1 aliphatic rings. The predicted molar refractivity (Wildman–Crippen MR) is 92.2 cm³/mol. The summed E-state index contributed by atoms with van der Waals surface area (Å²) in [4.78, 5) is 22.6. The Morgan fingerprint density at radius 3 is 2.75 bits per heavy atom. The number of amides is 1. The van der Waals surface area contributed by atoms with Crippen LogP contribution in [0.3, 0.4) is 0 Å². The molecule has 0 aromatic carbocycles. The fraction of sp³-hybridized carbons (Fsp3) is 0.667. The third-order valence-electron chi connectivity index (χ3n) is 4.06. The quantitative estimate of drug-likeness (QED) is 0.716. The molecule has 1 fully saturated rings. The van der Waals surface area contributed by atoms with Crippen LogP contribution in [0.5, 0.6) is 0 Å². The molecule has 2 N–H and O–H groups in total. The number of nitrogens with one attached hydrogen (secondary N) is 2. The highest BCUT2D eigenvalue weighted by atomic mass is 32.2. The lowest BCUT2D eigenvalue weighted by Crippen LogP contribution is -2.45. The first-order valence-electron chi connectivity index (χ1n) is 8.06. The van der Waals surface area contributed by atoms with Crippen molar-refractivity contribution in [3.8, 4) is 0 Å². The van der Waals surface area contributed by atoms with Gasteiger partial charge in [-0.15, -0.1) is 0 Å². The molecule has 1 aromatic heterocycles. The van der Waals surface area contributed by atoms with E-state index in [1.165, 1.54) is 0 Å². The first-order valence-corrected chi connectivity index (χ1v) is 9.95. The molecule has 0 bridgehead atoms. The predicted octanol–water partition coefficient (Wildman–Crippen LogP) is 0.0553. The largest absolute Gasteiger partial charge is 0.354 e. The maximum absolute atomic E-state index is 12.0. The molecule has 1 aromatic rings. The number of hydrogen-bond donors (Lipinski definition) is 2. The van der Waals surface area contributed by atoms with Crippen LogP contribution < -0.4 is 14.9 Å². The van der Waals surface area contributed by atoms with Crippen molar-refractivity contribution in [3.05, 3.63) is 18.1 Å². The Morgan fingerprint density at radius 2 is 2.12 bits per heavy atom. The van der Waals surface area contributed by atoms with Crippen LogP contribution >= 0.6 is 0 Å². The Bertz CT molecular complexity index is 679. The van der Waals surface area contributed by atoms with Crippen molar-refractivity contribution in [2.75, 3.05) is 30.8 Å². The third-order valence-corrected chi connectivity index (χ3v) is 4.72. The van der Waals surface area contributed by atoms with E-state index in [-0.39, 0.29) is 18.5 Å². The Kier molecular flexibility index (Phi) is 6.11. The van der Waals surface area contributed by atoms with E-state index < -0.39 is 10.0 Å². The average molecular weight is 355 g/mol. The number of rotatable bonds is 7. The summed E-state index contributed by atoms with van der Waals surface area (Å²) in [6, 6.07) is 1.91. The zero-order valence-electron chi connectivity index (χ0n) is 14.3. The van der Waals surface area contributed by atoms with Gasteiger partial charge < -0.3 is 10.2 Å². The van der Waals surface area contributed by atoms with Crippen molar-refractivity contribution >= 4 is 21.7 Å². The van der Waals surface area contributed by atoms with Crippen LogP contribution in [0.2, 0.25) is 0 Å². The minimum absolute atomic E-state index is 0.0194. The monoisotopic (exact) mass is 355 g/mol. The fourth-order valence-corrected chi connectivity index (χ4v) is 3.35. The molecular formula is C15H25N5O3S. The second-order valence-electron chi connectivity index (χ2n) is 6.24. The molecule has 1 aliphatic heterocycles. The molecule has 0 aliphatic carbocycles. The van der Waals surface area contributed by atoms with Gasteiger partial charge in [-0.1, -0.05) is 13.3 Å². The van der Waals surface area contributed by atoms with Crippen LogP contribution in [0.15, 0.2) is 12.4 Å². The number of anilines is 1. The molecule has 24 heavy (non-hydrogen) atoms. The summed E-state index contributed by atoms with van der Waals surface area (Å²) in [5, 5.41) is 2.95. The van der Waals surface area contributed by atoms with Crippen LogP contribution in [-0.2, 0) is 14.8 Å². The van der Waals surface area contributed by atoms with Gasteiger partial charge in [0.05, 0.1) is 18.8 Å². The smallest absolute Gasteiger partial charge is 0.235 e. The molecule has 0 spiro atoms. The van der Waals surface area contributed by atoms with Crippen molar-refractivity contribution < 1.29 is 13.2 Å². The highest BCUT2D eigenvalue weighted by Gasteiger charge is 2.33. The van der Waals surface area contributed by atoms with Crippen molar-refractivity contribution in [2.24, 2.45) is 5.92 Å². The fourth-order valence-electron chi connectivity index (χ4n) is 2.95. The van der Waals surface area contributed by atoms with E-state index in [0.29, 0.717) is 12.5 Å². The molecule has 0 unspecified atom stereocenters. The molecule has 134 valence electrons. The van der Waals surface area contributed by atoms with Crippen molar-refractivity contribution in [2.45, 2.75) is 32.7 Å². The maximum Gasteiger partial charge on any atom is 0.235 e. The number of carbonyl (C=O) groups excluding carboxylic acids is 1. The number of nitrogens with zero attached hydrogens (tertiary/aromatic N) is 3. The molecule has 0 saturated carbocycles. The second kappa shape index (κ2) is 7.89. The van der Waals surface area contributed by atoms with Crippen LogP contribution in [0.4, 0.5) is 5.82 Å². The van der Waals surface area contributed by atoms with Gasteiger partial charge in [-0.05, 0) is 19.3 Å². The molecule has 8 nitrogen and oxygen atoms in total. The first-order chi connectivity index (χ1) is 11.3. The molecular weight excluding hydrogens is 330 g/mol. The van der Waals surface area contributed by atoms with Crippen molar-refractivity contribution in [3.63, 3.8) is 0 Å². The van der Waals surface area contributed by atoms with E-state index in [2.05, 4.69) is 31.8 Å². The van der Waals surface area contributed by atoms with E-state index in [4.69, 9.17) is 0 Å². The molecule has 2 rings (SSSR count). The minimum Gasteiger partial charge on any atom is -0.354 e. The highest BCUT2D eigenvalue weighted by molar-refractivity contribution is 7.88. The van der Waals surface area contributed by atoms with Crippen LogP contribution in [0.1, 0.15) is 25.5 Å². The lowest BCUT2D eigenvalue weighted by molar-refractivity contribution is -0.120. The summed E-state index contributed by atoms with van der Waals surface area (Å²) < 4.78 is 24.4. The Labute approximate surface area is 143 Å². The summed E-state index contributed by atoms with van der Waals surface area (Å²) in [7, 11) is -3.37. The van der Waals surface area contributed by atoms with Crippen LogP contribution in [0, 0.1) is 12.8 Å². The summed E-state index contributed by atoms with van der Waals surface area (Å²) in [6.45, 7) is 5.27. The molecule has 1 amide bonds. The average Bonchev–Trinajstić information content (AvgIpc) is 2.88. The normalized spacial score (nSPS) is 21.0. The van der Waals surface area contributed by atoms with Crippen LogP contribution in [-0.4, -0.2) is 56.2 Å². The van der Waals surface area contributed by atoms with Crippen molar-refractivity contribution in [1.82, 2.24) is 20.0 Å². The van der Waals surface area contributed by atoms with E-state index in [1.807, 2.05) is 13.0 Å². The summed E-state index contributed by atoms with van der Waals surface area (Å²) >= 11 is 0. The third kappa shape index (κ3) is 5.41. The lowest BCUT2D eigenvalue weighted by Gasteiger charge is -2.19. The summed E-state index contributed by atoms with van der Waals surface area (Å²) in [6.07, 6.45) is 4.59. The standard InChI is InChI=1S/C15H25N5O3S/c1-4-5-12-8-20(14-6-11(2)16-10-17-14)9-13(12)19-15(21)7-18-24(3,22)23/h6,10,12-13,18H,4-5,7-9H2,1-3H3,(H,19,21)/t12-,13-/m0/s1. The minimum atomic E-state index is -3.37. The van der Waals surface area contributed by atoms with E-state index >= 15 is 0 Å². The van der Waals surface area contributed by atoms with Gasteiger partial charge >= 0.3 is 0 Å². The molecule has 2 atom stereocenters. The number of carbonyl (C=O) groups is 1.